The first-order valence-electron chi connectivity index (χ1n) is 12.1. The van der Waals surface area contributed by atoms with Crippen LogP contribution in [0.25, 0.3) is 5.52 Å². The quantitative estimate of drug-likeness (QED) is 0.482. The van der Waals surface area contributed by atoms with E-state index >= 15 is 0 Å². The molecule has 2 aromatic heterocycles. The average molecular weight is 561 g/mol. The van der Waals surface area contributed by atoms with Crippen LogP contribution in [-0.4, -0.2) is 83.7 Å². The highest BCUT2D eigenvalue weighted by molar-refractivity contribution is 7.95. The first kappa shape index (κ1) is 27.1. The van der Waals surface area contributed by atoms with Gasteiger partial charge in [0.05, 0.1) is 24.5 Å². The van der Waals surface area contributed by atoms with Crippen molar-refractivity contribution >= 4 is 38.5 Å². The Labute approximate surface area is 224 Å². The Kier molecular flexibility index (Phi) is 7.37. The van der Waals surface area contributed by atoms with E-state index in [1.54, 1.807) is 38.8 Å². The molecule has 2 saturated heterocycles. The monoisotopic (exact) mass is 560 g/mol. The van der Waals surface area contributed by atoms with Crippen LogP contribution in [0.2, 0.25) is 0 Å². The molecule has 0 saturated carbocycles. The van der Waals surface area contributed by atoms with Crippen molar-refractivity contribution < 1.29 is 32.9 Å². The van der Waals surface area contributed by atoms with E-state index in [1.807, 2.05) is 0 Å². The number of rotatable bonds is 6. The van der Waals surface area contributed by atoms with Crippen LogP contribution in [0.3, 0.4) is 0 Å². The van der Waals surface area contributed by atoms with Crippen molar-refractivity contribution in [2.75, 3.05) is 38.2 Å². The fraction of sp³-hybridized carbons (Fsp3) is 0.440. The molecule has 0 unspecified atom stereocenters. The van der Waals surface area contributed by atoms with Gasteiger partial charge in [0, 0.05) is 38.8 Å². The SMILES string of the molecule is CO[C@@H]1CO[C@H]2[C@@H]1OC[C@H]2Oc1cc(F)ccc1Nc1ncnn2cc(C(=O)N=S(C)(C)=NC(C)=O)c(C)c12. The molecular weight excluding hydrogens is 531 g/mol. The number of amides is 2. The van der Waals surface area contributed by atoms with Gasteiger partial charge in [-0.15, -0.1) is 0 Å². The molecule has 4 heterocycles. The van der Waals surface area contributed by atoms with Crippen LogP contribution in [0.5, 0.6) is 5.75 Å². The van der Waals surface area contributed by atoms with E-state index in [2.05, 4.69) is 24.1 Å². The molecule has 5 rings (SSSR count). The van der Waals surface area contributed by atoms with Crippen LogP contribution in [0.15, 0.2) is 39.4 Å². The summed E-state index contributed by atoms with van der Waals surface area (Å²) in [5, 5.41) is 7.42. The topological polar surface area (TPSA) is 138 Å². The normalized spacial score (nSPS) is 22.5. The van der Waals surface area contributed by atoms with Crippen LogP contribution in [0.1, 0.15) is 22.8 Å². The summed E-state index contributed by atoms with van der Waals surface area (Å²) in [7, 11) is -0.562. The van der Waals surface area contributed by atoms with E-state index in [0.29, 0.717) is 34.8 Å². The summed E-state index contributed by atoms with van der Waals surface area (Å²) in [6.45, 7) is 3.73. The lowest BCUT2D eigenvalue weighted by Gasteiger charge is -2.20. The maximum absolute atomic E-state index is 14.3. The molecule has 4 atom stereocenters. The van der Waals surface area contributed by atoms with Crippen molar-refractivity contribution in [1.29, 1.82) is 0 Å². The lowest BCUT2D eigenvalue weighted by atomic mass is 10.1. The number of hydrogen-bond donors (Lipinski definition) is 1. The molecule has 208 valence electrons. The van der Waals surface area contributed by atoms with E-state index in [1.165, 1.54) is 29.9 Å². The van der Waals surface area contributed by atoms with Gasteiger partial charge in [0.1, 0.15) is 41.7 Å². The molecule has 2 amide bonds. The van der Waals surface area contributed by atoms with Gasteiger partial charge in [-0.25, -0.2) is 13.9 Å². The standard InChI is InChI=1S/C25H29FN6O6S/c1-13-16(25(34)31-39(4,5)30-14(2)33)9-32-21(13)24(27-12-28-32)29-17-7-6-15(26)8-18(17)38-20-11-37-22-19(35-3)10-36-23(20)22/h6-9,12,19-20,22-23H,10-11H2,1-5H3,(H,27,28,29)/t19-,20-,22-,23-/m1/s1. The van der Waals surface area contributed by atoms with Crippen LogP contribution >= 0.6 is 0 Å². The number of fused-ring (bicyclic) bond motifs is 2. The Hall–Kier alpha value is -3.46. The number of methoxy groups -OCH3 is 1. The molecule has 2 fully saturated rings. The molecule has 0 bridgehead atoms. The van der Waals surface area contributed by atoms with E-state index in [-0.39, 0.29) is 30.7 Å². The number of nitrogens with one attached hydrogen (secondary N) is 1. The maximum atomic E-state index is 14.3. The zero-order valence-corrected chi connectivity index (χ0v) is 22.9. The smallest absolute Gasteiger partial charge is 0.285 e. The van der Waals surface area contributed by atoms with Crippen LogP contribution in [-0.2, 0) is 28.6 Å². The second kappa shape index (κ2) is 10.6. The number of halogens is 1. The first-order chi connectivity index (χ1) is 18.6. The Balaban J connectivity index is 1.46. The van der Waals surface area contributed by atoms with Crippen molar-refractivity contribution in [2.45, 2.75) is 38.3 Å². The molecule has 2 aliphatic heterocycles. The Morgan fingerprint density at radius 3 is 2.62 bits per heavy atom. The molecule has 39 heavy (non-hydrogen) atoms. The van der Waals surface area contributed by atoms with Crippen molar-refractivity contribution in [1.82, 2.24) is 14.6 Å². The van der Waals surface area contributed by atoms with Crippen LogP contribution in [0.4, 0.5) is 15.9 Å². The highest BCUT2D eigenvalue weighted by Gasteiger charge is 2.49. The van der Waals surface area contributed by atoms with Gasteiger partial charge in [0.2, 0.25) is 5.91 Å². The minimum absolute atomic E-state index is 0.188. The molecule has 14 heteroatoms. The zero-order chi connectivity index (χ0) is 27.9. The Morgan fingerprint density at radius 1 is 1.18 bits per heavy atom. The summed E-state index contributed by atoms with van der Waals surface area (Å²) < 4.78 is 47.2. The number of hydrogen-bond acceptors (Lipinski definition) is 9. The van der Waals surface area contributed by atoms with E-state index in [9.17, 15) is 14.0 Å². The van der Waals surface area contributed by atoms with E-state index < -0.39 is 33.4 Å². The van der Waals surface area contributed by atoms with Crippen molar-refractivity contribution in [3.05, 3.63) is 47.7 Å². The van der Waals surface area contributed by atoms with Gasteiger partial charge in [-0.3, -0.25) is 9.59 Å². The van der Waals surface area contributed by atoms with Crippen molar-refractivity contribution in [2.24, 2.45) is 8.73 Å². The van der Waals surface area contributed by atoms with E-state index in [4.69, 9.17) is 18.9 Å². The largest absolute Gasteiger partial charge is 0.483 e. The van der Waals surface area contributed by atoms with Gasteiger partial charge in [-0.2, -0.15) is 13.8 Å². The van der Waals surface area contributed by atoms with Crippen LogP contribution in [0, 0.1) is 12.7 Å². The summed E-state index contributed by atoms with van der Waals surface area (Å²) in [4.78, 5) is 28.8. The molecule has 3 aromatic rings. The van der Waals surface area contributed by atoms with Crippen molar-refractivity contribution in [3.63, 3.8) is 0 Å². The number of ether oxygens (including phenoxy) is 4. The van der Waals surface area contributed by atoms with Gasteiger partial charge in [-0.05, 0) is 34.2 Å². The lowest BCUT2D eigenvalue weighted by Crippen LogP contribution is -2.35. The molecule has 12 nitrogen and oxygen atoms in total. The number of anilines is 2. The minimum Gasteiger partial charge on any atom is -0.483 e. The molecule has 2 aliphatic rings. The fourth-order valence-corrected chi connectivity index (χ4v) is 5.95. The number of carbonyl (C=O) groups is 2. The maximum Gasteiger partial charge on any atom is 0.285 e. The molecule has 0 radical (unpaired) electrons. The van der Waals surface area contributed by atoms with Gasteiger partial charge in [-0.1, -0.05) is 0 Å². The second-order valence-electron chi connectivity index (χ2n) is 9.59. The third-order valence-electron chi connectivity index (χ3n) is 6.46. The predicted molar refractivity (Wildman–Crippen MR) is 141 cm³/mol. The first-order valence-corrected chi connectivity index (χ1v) is 14.5. The number of carbonyl (C=O) groups excluding carboxylic acids is 2. The van der Waals surface area contributed by atoms with Gasteiger partial charge >= 0.3 is 0 Å². The van der Waals surface area contributed by atoms with Crippen LogP contribution < -0.4 is 10.1 Å². The Morgan fingerprint density at radius 2 is 1.90 bits per heavy atom. The molecule has 1 aromatic carbocycles. The summed E-state index contributed by atoms with van der Waals surface area (Å²) in [6.07, 6.45) is 4.94. The van der Waals surface area contributed by atoms with E-state index in [0.717, 1.165) is 0 Å². The Bertz CT molecular complexity index is 1570. The van der Waals surface area contributed by atoms with Gasteiger partial charge < -0.3 is 24.3 Å². The summed E-state index contributed by atoms with van der Waals surface area (Å²) in [6, 6.07) is 4.12. The third kappa shape index (κ3) is 5.50. The molecular formula is C25H29FN6O6S. The number of aromatic nitrogens is 3. The number of benzene rings is 1. The van der Waals surface area contributed by atoms with Gasteiger partial charge in [0.25, 0.3) is 5.91 Å². The molecule has 0 aliphatic carbocycles. The zero-order valence-electron chi connectivity index (χ0n) is 22.1. The van der Waals surface area contributed by atoms with Gasteiger partial charge in [0.15, 0.2) is 11.9 Å². The molecule has 1 N–H and O–H groups in total. The third-order valence-corrected chi connectivity index (χ3v) is 7.77. The fourth-order valence-electron chi connectivity index (χ4n) is 4.77. The van der Waals surface area contributed by atoms with Crippen molar-refractivity contribution in [3.8, 4) is 5.75 Å². The summed E-state index contributed by atoms with van der Waals surface area (Å²) in [5.41, 5.74) is 1.85. The highest BCUT2D eigenvalue weighted by Crippen LogP contribution is 2.36. The molecule has 0 spiro atoms. The number of aryl methyl sites for hydroxylation is 1. The summed E-state index contributed by atoms with van der Waals surface area (Å²) in [5.74, 6) is -0.762. The average Bonchev–Trinajstić information content (AvgIpc) is 3.54. The predicted octanol–water partition coefficient (Wildman–Crippen LogP) is 2.95. The lowest BCUT2D eigenvalue weighted by molar-refractivity contribution is -0.115. The minimum atomic E-state index is -2.16. The number of nitrogens with zero attached hydrogens (tertiary/aromatic N) is 5. The highest BCUT2D eigenvalue weighted by atomic mass is 32.2. The second-order valence-corrected chi connectivity index (χ2v) is 12.4. The summed E-state index contributed by atoms with van der Waals surface area (Å²) >= 11 is 0.